The zero-order valence-corrected chi connectivity index (χ0v) is 21.3. The molecule has 7 nitrogen and oxygen atoms in total. The van der Waals surface area contributed by atoms with Gasteiger partial charge in [-0.1, -0.05) is 42.0 Å². The minimum atomic E-state index is -4.94. The number of nitriles is 1. The van der Waals surface area contributed by atoms with Crippen LogP contribution < -0.4 is 10.7 Å². The molecule has 40 heavy (non-hydrogen) atoms. The van der Waals surface area contributed by atoms with Crippen molar-refractivity contribution in [2.75, 3.05) is 0 Å². The zero-order chi connectivity index (χ0) is 28.8. The Morgan fingerprint density at radius 3 is 2.48 bits per heavy atom. The highest BCUT2D eigenvalue weighted by Crippen LogP contribution is 2.34. The fourth-order valence-electron chi connectivity index (χ4n) is 4.68. The Bertz CT molecular complexity index is 1910. The second-order valence-corrected chi connectivity index (χ2v) is 9.43. The molecule has 200 valence electrons. The van der Waals surface area contributed by atoms with Crippen molar-refractivity contribution in [2.45, 2.75) is 26.6 Å². The third-order valence-electron chi connectivity index (χ3n) is 6.69. The third kappa shape index (κ3) is 4.85. The second kappa shape index (κ2) is 9.85. The van der Waals surface area contributed by atoms with E-state index in [1.54, 1.807) is 36.4 Å². The zero-order valence-electron chi connectivity index (χ0n) is 21.3. The summed E-state index contributed by atoms with van der Waals surface area (Å²) in [6.07, 6.45) is -4.94. The first kappa shape index (κ1) is 26.4. The fraction of sp³-hybridized carbons (Fsp3) is 0.133. The lowest BCUT2D eigenvalue weighted by Crippen LogP contribution is -2.29. The number of aromatic nitrogens is 3. The molecule has 0 atom stereocenters. The Morgan fingerprint density at radius 2 is 1.80 bits per heavy atom. The van der Waals surface area contributed by atoms with E-state index in [1.807, 2.05) is 26.0 Å². The molecule has 0 saturated heterocycles. The SMILES string of the molecule is Cc1ccc(Cn2c(-c3cccc(-c4ccc5cc(C(=O)[O-])[nH]c5c4)n3)cc(C(F)(F)F)c(C#N)c2=O)c(C)c1. The number of carboxylic acid groups (broad SMARTS) is 1. The average molecular weight is 542 g/mol. The summed E-state index contributed by atoms with van der Waals surface area (Å²) in [7, 11) is 0. The second-order valence-electron chi connectivity index (χ2n) is 9.43. The summed E-state index contributed by atoms with van der Waals surface area (Å²) in [6.45, 7) is 3.67. The Labute approximate surface area is 225 Å². The predicted octanol–water partition coefficient (Wildman–Crippen LogP) is 4.98. The van der Waals surface area contributed by atoms with Crippen molar-refractivity contribution < 1.29 is 23.1 Å². The van der Waals surface area contributed by atoms with Crippen LogP contribution in [0.1, 0.15) is 38.3 Å². The maximum atomic E-state index is 14.0. The lowest BCUT2D eigenvalue weighted by Gasteiger charge is -2.18. The number of H-pyrrole nitrogens is 1. The molecular formula is C30H20F3N4O3-. The third-order valence-corrected chi connectivity index (χ3v) is 6.69. The molecule has 0 aliphatic carbocycles. The maximum Gasteiger partial charge on any atom is 0.417 e. The summed E-state index contributed by atoms with van der Waals surface area (Å²) in [6, 6.07) is 19.0. The van der Waals surface area contributed by atoms with Crippen LogP contribution in [0.4, 0.5) is 13.2 Å². The van der Waals surface area contributed by atoms with Crippen LogP contribution in [0.15, 0.2) is 71.5 Å². The van der Waals surface area contributed by atoms with Gasteiger partial charge in [0, 0.05) is 16.5 Å². The van der Waals surface area contributed by atoms with Crippen molar-refractivity contribution >= 4 is 16.9 Å². The van der Waals surface area contributed by atoms with Crippen LogP contribution >= 0.6 is 0 Å². The number of carboxylic acids is 1. The Hall–Kier alpha value is -5.17. The molecule has 5 rings (SSSR count). The highest BCUT2D eigenvalue weighted by molar-refractivity contribution is 5.94. The Morgan fingerprint density at radius 1 is 1.05 bits per heavy atom. The normalized spacial score (nSPS) is 11.5. The summed E-state index contributed by atoms with van der Waals surface area (Å²) in [5.41, 5.74) is 0.495. The molecule has 0 aliphatic rings. The van der Waals surface area contributed by atoms with Gasteiger partial charge in [-0.25, -0.2) is 4.98 Å². The molecule has 0 fully saturated rings. The summed E-state index contributed by atoms with van der Waals surface area (Å²) in [5.74, 6) is -1.36. The van der Waals surface area contributed by atoms with Crippen molar-refractivity contribution in [3.63, 3.8) is 0 Å². The van der Waals surface area contributed by atoms with Crippen LogP contribution in [0, 0.1) is 25.2 Å². The topological polar surface area (TPSA) is 115 Å². The molecule has 3 heterocycles. The van der Waals surface area contributed by atoms with E-state index in [9.17, 15) is 33.1 Å². The molecule has 0 bridgehead atoms. The van der Waals surface area contributed by atoms with Crippen molar-refractivity contribution in [3.05, 3.63) is 111 Å². The quantitative estimate of drug-likeness (QED) is 0.337. The number of nitrogens with one attached hydrogen (secondary N) is 1. The highest BCUT2D eigenvalue weighted by atomic mass is 19.4. The van der Waals surface area contributed by atoms with Crippen molar-refractivity contribution in [1.82, 2.24) is 14.5 Å². The number of aromatic amines is 1. The van der Waals surface area contributed by atoms with Gasteiger partial charge in [0.2, 0.25) is 0 Å². The van der Waals surface area contributed by atoms with Gasteiger partial charge >= 0.3 is 6.18 Å². The van der Waals surface area contributed by atoms with Crippen molar-refractivity contribution in [1.29, 1.82) is 5.26 Å². The van der Waals surface area contributed by atoms with Crippen molar-refractivity contribution in [3.8, 4) is 28.7 Å². The van der Waals surface area contributed by atoms with E-state index in [0.29, 0.717) is 27.7 Å². The number of nitrogens with zero attached hydrogens (tertiary/aromatic N) is 3. The molecule has 0 amide bonds. The molecule has 1 N–H and O–H groups in total. The van der Waals surface area contributed by atoms with E-state index in [0.717, 1.165) is 21.8 Å². The number of halogens is 3. The number of carbonyl (C=O) groups is 1. The van der Waals surface area contributed by atoms with Gasteiger partial charge in [-0.05, 0) is 55.3 Å². The highest BCUT2D eigenvalue weighted by Gasteiger charge is 2.36. The molecule has 0 spiro atoms. The standard InChI is InChI=1S/C30H21F3N4O3/c1-16-6-7-20(17(2)10-16)15-37-27(13-22(30(31,32)33)21(14-34)28(37)38)24-5-3-4-23(35-24)18-8-9-19-12-26(29(39)40)36-25(19)11-18/h3-13,36H,15H2,1-2H3,(H,39,40)/p-1. The number of benzene rings is 2. The number of aromatic carboxylic acids is 1. The number of alkyl halides is 3. The summed E-state index contributed by atoms with van der Waals surface area (Å²) < 4.78 is 43.0. The monoisotopic (exact) mass is 541 g/mol. The smallest absolute Gasteiger partial charge is 0.417 e. The van der Waals surface area contributed by atoms with E-state index < -0.39 is 28.8 Å². The van der Waals surface area contributed by atoms with Gasteiger partial charge in [0.15, 0.2) is 0 Å². The largest absolute Gasteiger partial charge is 0.543 e. The van der Waals surface area contributed by atoms with E-state index in [4.69, 9.17) is 0 Å². The first-order valence-electron chi connectivity index (χ1n) is 12.1. The maximum absolute atomic E-state index is 14.0. The summed E-state index contributed by atoms with van der Waals surface area (Å²) in [5, 5.41) is 21.3. The number of pyridine rings is 2. The van der Waals surface area contributed by atoms with Gasteiger partial charge in [0.25, 0.3) is 5.56 Å². The molecule has 10 heteroatoms. The van der Waals surface area contributed by atoms with Crippen LogP contribution in [-0.2, 0) is 12.7 Å². The number of carbonyl (C=O) groups excluding carboxylic acids is 1. The lowest BCUT2D eigenvalue weighted by atomic mass is 10.0. The Kier molecular flexibility index (Phi) is 6.51. The lowest BCUT2D eigenvalue weighted by molar-refractivity contribution is -0.255. The van der Waals surface area contributed by atoms with Gasteiger partial charge in [0.05, 0.1) is 40.9 Å². The molecule has 0 aliphatic heterocycles. The number of fused-ring (bicyclic) bond motifs is 1. The van der Waals surface area contributed by atoms with Crippen molar-refractivity contribution in [2.24, 2.45) is 0 Å². The van der Waals surface area contributed by atoms with E-state index in [2.05, 4.69) is 9.97 Å². The van der Waals surface area contributed by atoms with Gasteiger partial charge in [-0.15, -0.1) is 0 Å². The fourth-order valence-corrected chi connectivity index (χ4v) is 4.68. The van der Waals surface area contributed by atoms with E-state index in [1.165, 1.54) is 18.2 Å². The molecule has 0 saturated carbocycles. The molecule has 2 aromatic carbocycles. The first-order valence-corrected chi connectivity index (χ1v) is 12.1. The summed E-state index contributed by atoms with van der Waals surface area (Å²) in [4.78, 5) is 31.9. The first-order chi connectivity index (χ1) is 19.0. The number of rotatable bonds is 5. The number of hydrogen-bond acceptors (Lipinski definition) is 5. The molecule has 5 aromatic rings. The van der Waals surface area contributed by atoms with Crippen LogP contribution in [-0.4, -0.2) is 20.5 Å². The van der Waals surface area contributed by atoms with Crippen LogP contribution in [0.3, 0.4) is 0 Å². The van der Waals surface area contributed by atoms with Crippen LogP contribution in [0.2, 0.25) is 0 Å². The van der Waals surface area contributed by atoms with E-state index >= 15 is 0 Å². The average Bonchev–Trinajstić information content (AvgIpc) is 3.34. The van der Waals surface area contributed by atoms with Gasteiger partial charge in [0.1, 0.15) is 11.6 Å². The minimum Gasteiger partial charge on any atom is -0.543 e. The van der Waals surface area contributed by atoms with E-state index in [-0.39, 0.29) is 23.6 Å². The molecule has 0 radical (unpaired) electrons. The number of aryl methyl sites for hydroxylation is 2. The molecule has 0 unspecified atom stereocenters. The Balaban J connectivity index is 1.70. The number of hydrogen-bond donors (Lipinski definition) is 1. The molecular weight excluding hydrogens is 521 g/mol. The summed E-state index contributed by atoms with van der Waals surface area (Å²) >= 11 is 0. The van der Waals surface area contributed by atoms with Gasteiger partial charge < -0.3 is 19.5 Å². The van der Waals surface area contributed by atoms with Gasteiger partial charge in [-0.2, -0.15) is 18.4 Å². The van der Waals surface area contributed by atoms with Crippen LogP contribution in [0.5, 0.6) is 0 Å². The van der Waals surface area contributed by atoms with Crippen LogP contribution in [0.25, 0.3) is 33.5 Å². The minimum absolute atomic E-state index is 0.0700. The predicted molar refractivity (Wildman–Crippen MR) is 140 cm³/mol. The molecule has 3 aromatic heterocycles. The van der Waals surface area contributed by atoms with Gasteiger partial charge in [-0.3, -0.25) is 4.79 Å².